The van der Waals surface area contributed by atoms with Crippen molar-refractivity contribution in [3.05, 3.63) is 124 Å². The largest absolute Gasteiger partial charge is 0.322 e. The van der Waals surface area contributed by atoms with Crippen LogP contribution in [0.2, 0.25) is 0 Å². The maximum Gasteiger partial charge on any atom is 0.271 e. The fourth-order valence-corrected chi connectivity index (χ4v) is 6.24. The van der Waals surface area contributed by atoms with Crippen LogP contribution in [0.25, 0.3) is 5.69 Å². The number of aryl methyl sites for hydroxylation is 3. The van der Waals surface area contributed by atoms with E-state index < -0.39 is 0 Å². The van der Waals surface area contributed by atoms with Crippen LogP contribution in [0, 0.1) is 27.7 Å². The molecule has 0 aliphatic carbocycles. The predicted molar refractivity (Wildman–Crippen MR) is 158 cm³/mol. The number of rotatable bonds is 7. The fourth-order valence-electron chi connectivity index (χ4n) is 5.05. The number of carbonyl (C=O) groups excluding carboxylic acids is 2. The first-order valence-corrected chi connectivity index (χ1v) is 14.0. The van der Waals surface area contributed by atoms with Crippen LogP contribution in [-0.4, -0.2) is 33.2 Å². The molecule has 1 aliphatic rings. The molecule has 4 aromatic rings. The number of benzene rings is 3. The molecule has 1 aliphatic heterocycles. The number of hydrogen-bond acceptors (Lipinski definition) is 4. The number of aromatic nitrogens is 1. The Morgan fingerprint density at radius 1 is 1.00 bits per heavy atom. The van der Waals surface area contributed by atoms with Gasteiger partial charge in [0.25, 0.3) is 5.91 Å². The van der Waals surface area contributed by atoms with E-state index in [1.807, 2.05) is 47.4 Å². The summed E-state index contributed by atoms with van der Waals surface area (Å²) in [5.41, 5.74) is 12.0. The van der Waals surface area contributed by atoms with E-state index >= 15 is 0 Å². The van der Waals surface area contributed by atoms with Crippen LogP contribution in [0.4, 0.5) is 0 Å². The van der Waals surface area contributed by atoms with E-state index in [0.717, 1.165) is 33.8 Å². The lowest BCUT2D eigenvalue weighted by molar-refractivity contribution is -0.128. The second-order valence-electron chi connectivity index (χ2n) is 9.94. The summed E-state index contributed by atoms with van der Waals surface area (Å²) in [4.78, 5) is 27.2. The Morgan fingerprint density at radius 2 is 1.74 bits per heavy atom. The lowest BCUT2D eigenvalue weighted by Gasteiger charge is -2.24. The zero-order valence-electron chi connectivity index (χ0n) is 22.6. The third-order valence-electron chi connectivity index (χ3n) is 7.06. The summed E-state index contributed by atoms with van der Waals surface area (Å²) in [6.45, 7) is 8.90. The zero-order valence-corrected chi connectivity index (χ0v) is 23.5. The molecule has 198 valence electrons. The van der Waals surface area contributed by atoms with Crippen molar-refractivity contribution in [3.63, 3.8) is 0 Å². The highest BCUT2D eigenvalue weighted by Crippen LogP contribution is 2.39. The quantitative estimate of drug-likeness (QED) is 0.224. The molecule has 0 bridgehead atoms. The van der Waals surface area contributed by atoms with Gasteiger partial charge in [0.1, 0.15) is 5.37 Å². The number of nitrogens with zero attached hydrogens (tertiary/aromatic N) is 3. The molecule has 1 N–H and O–H groups in total. The molecule has 3 aromatic carbocycles. The van der Waals surface area contributed by atoms with Gasteiger partial charge in [-0.1, -0.05) is 60.2 Å². The zero-order chi connectivity index (χ0) is 27.5. The Kier molecular flexibility index (Phi) is 7.70. The number of hydrogen-bond donors (Lipinski definition) is 1. The first-order chi connectivity index (χ1) is 18.8. The molecule has 1 unspecified atom stereocenters. The van der Waals surface area contributed by atoms with Gasteiger partial charge in [-0.05, 0) is 68.7 Å². The van der Waals surface area contributed by atoms with Crippen molar-refractivity contribution in [2.45, 2.75) is 39.6 Å². The highest BCUT2D eigenvalue weighted by molar-refractivity contribution is 8.00. The molecular formula is C32H32N4O2S. The molecule has 0 radical (unpaired) electrons. The summed E-state index contributed by atoms with van der Waals surface area (Å²) < 4.78 is 2.21. The lowest BCUT2D eigenvalue weighted by Crippen LogP contribution is -2.27. The van der Waals surface area contributed by atoms with Gasteiger partial charge in [0.2, 0.25) is 5.91 Å². The molecule has 5 rings (SSSR count). The molecule has 2 heterocycles. The van der Waals surface area contributed by atoms with Gasteiger partial charge in [0.05, 0.1) is 12.0 Å². The lowest BCUT2D eigenvalue weighted by atomic mass is 10.1. The third-order valence-corrected chi connectivity index (χ3v) is 8.31. The molecule has 0 spiro atoms. The highest BCUT2D eigenvalue weighted by atomic mass is 32.2. The van der Waals surface area contributed by atoms with E-state index in [4.69, 9.17) is 0 Å². The summed E-state index contributed by atoms with van der Waals surface area (Å²) in [5.74, 6) is 0.303. The normalized spacial score (nSPS) is 15.3. The van der Waals surface area contributed by atoms with Crippen LogP contribution < -0.4 is 5.43 Å². The molecule has 1 saturated heterocycles. The van der Waals surface area contributed by atoms with Gasteiger partial charge in [-0.2, -0.15) is 5.10 Å². The predicted octanol–water partition coefficient (Wildman–Crippen LogP) is 6.25. The van der Waals surface area contributed by atoms with Crippen LogP contribution in [0.3, 0.4) is 0 Å². The van der Waals surface area contributed by atoms with Gasteiger partial charge in [-0.25, -0.2) is 5.43 Å². The van der Waals surface area contributed by atoms with Gasteiger partial charge in [-0.15, -0.1) is 11.8 Å². The SMILES string of the molecule is Cc1ccc(-n2c(C)cc(/C=N/NC(=O)c3ccc(C4SCC(=O)N4Cc4ccccc4)cc3)c2C)c(C)c1. The minimum Gasteiger partial charge on any atom is -0.322 e. The number of thioether (sulfide) groups is 1. The maximum atomic E-state index is 12.8. The molecule has 1 atom stereocenters. The topological polar surface area (TPSA) is 66.7 Å². The standard InChI is InChI=1S/C32H32N4O2S/c1-21-10-15-29(22(2)16-21)36-23(3)17-28(24(36)4)18-33-34-31(38)26-11-13-27(14-12-26)32-35(30(37)20-39-32)19-25-8-6-5-7-9-25/h5-18,32H,19-20H2,1-4H3,(H,34,38)/b33-18+. The number of carbonyl (C=O) groups is 2. The maximum absolute atomic E-state index is 12.8. The average Bonchev–Trinajstić information content (AvgIpc) is 3.42. The van der Waals surface area contributed by atoms with E-state index in [1.54, 1.807) is 30.1 Å². The molecule has 6 nitrogen and oxygen atoms in total. The summed E-state index contributed by atoms with van der Waals surface area (Å²) >= 11 is 1.61. The third kappa shape index (κ3) is 5.68. The first-order valence-electron chi connectivity index (χ1n) is 13.0. The molecule has 7 heteroatoms. The monoisotopic (exact) mass is 536 g/mol. The van der Waals surface area contributed by atoms with E-state index in [9.17, 15) is 9.59 Å². The van der Waals surface area contributed by atoms with Crippen molar-refractivity contribution in [3.8, 4) is 5.69 Å². The van der Waals surface area contributed by atoms with Crippen molar-refractivity contribution in [1.82, 2.24) is 14.9 Å². The Balaban J connectivity index is 1.25. The summed E-state index contributed by atoms with van der Waals surface area (Å²) in [5, 5.41) is 4.17. The van der Waals surface area contributed by atoms with Gasteiger partial charge in [-0.3, -0.25) is 9.59 Å². The summed E-state index contributed by atoms with van der Waals surface area (Å²) in [6.07, 6.45) is 1.69. The van der Waals surface area contributed by atoms with Gasteiger partial charge in [0, 0.05) is 34.7 Å². The van der Waals surface area contributed by atoms with Crippen molar-refractivity contribution < 1.29 is 9.59 Å². The smallest absolute Gasteiger partial charge is 0.271 e. The second-order valence-corrected chi connectivity index (χ2v) is 11.0. The first kappa shape index (κ1) is 26.5. The minimum atomic E-state index is -0.280. The Hall–Kier alpha value is -4.10. The van der Waals surface area contributed by atoms with Gasteiger partial charge < -0.3 is 9.47 Å². The van der Waals surface area contributed by atoms with Crippen molar-refractivity contribution in [2.24, 2.45) is 5.10 Å². The molecule has 1 aromatic heterocycles. The number of hydrazone groups is 1. The molecule has 0 saturated carbocycles. The van der Waals surface area contributed by atoms with Crippen LogP contribution >= 0.6 is 11.8 Å². The fraction of sp³-hybridized carbons (Fsp3) is 0.219. The van der Waals surface area contributed by atoms with E-state index in [0.29, 0.717) is 17.9 Å². The Bertz CT molecular complexity index is 1540. The number of amides is 2. The van der Waals surface area contributed by atoms with Crippen molar-refractivity contribution in [2.75, 3.05) is 5.75 Å². The van der Waals surface area contributed by atoms with E-state index in [1.165, 1.54) is 11.1 Å². The van der Waals surface area contributed by atoms with Crippen molar-refractivity contribution >= 4 is 29.8 Å². The molecule has 1 fully saturated rings. The second kappa shape index (κ2) is 11.3. The molecule has 2 amide bonds. The minimum absolute atomic E-state index is 0.0692. The van der Waals surface area contributed by atoms with Crippen LogP contribution in [0.1, 0.15) is 54.9 Å². The highest BCUT2D eigenvalue weighted by Gasteiger charge is 2.32. The van der Waals surface area contributed by atoms with Gasteiger partial charge in [0.15, 0.2) is 0 Å². The molecular weight excluding hydrogens is 504 g/mol. The Labute approximate surface area is 233 Å². The van der Waals surface area contributed by atoms with E-state index in [-0.39, 0.29) is 17.2 Å². The molecule has 39 heavy (non-hydrogen) atoms. The average molecular weight is 537 g/mol. The Morgan fingerprint density at radius 3 is 2.46 bits per heavy atom. The number of nitrogens with one attached hydrogen (secondary N) is 1. The van der Waals surface area contributed by atoms with E-state index in [2.05, 4.69) is 67.1 Å². The summed E-state index contributed by atoms with van der Waals surface area (Å²) in [6, 6.07) is 25.9. The van der Waals surface area contributed by atoms with Crippen LogP contribution in [0.5, 0.6) is 0 Å². The van der Waals surface area contributed by atoms with Crippen LogP contribution in [0.15, 0.2) is 84.0 Å². The van der Waals surface area contributed by atoms with Crippen molar-refractivity contribution in [1.29, 1.82) is 0 Å². The summed E-state index contributed by atoms with van der Waals surface area (Å²) in [7, 11) is 0. The van der Waals surface area contributed by atoms with Crippen LogP contribution in [-0.2, 0) is 11.3 Å². The van der Waals surface area contributed by atoms with Gasteiger partial charge >= 0.3 is 0 Å².